The number of alkyl halides is 3. The molecule has 5 rings (SSSR count). The Morgan fingerprint density at radius 1 is 1.12 bits per heavy atom. The van der Waals surface area contributed by atoms with E-state index in [-0.39, 0.29) is 29.0 Å². The van der Waals surface area contributed by atoms with Crippen LogP contribution in [0.3, 0.4) is 0 Å². The van der Waals surface area contributed by atoms with E-state index in [1.807, 2.05) is 6.07 Å². The molecule has 2 aliphatic rings. The fourth-order valence-electron chi connectivity index (χ4n) is 4.21. The fourth-order valence-corrected chi connectivity index (χ4v) is 4.21. The van der Waals surface area contributed by atoms with Crippen molar-refractivity contribution in [1.82, 2.24) is 20.1 Å². The summed E-state index contributed by atoms with van der Waals surface area (Å²) in [6, 6.07) is 5.01. The standard InChI is InChI=1S/C23H26F3N5O2/c1-14-11-19(21-29-30-22(33-21)27-5-2-6-31-7-9-32-10-8-31)28-20-17(14)12-16(15-3-4-15)13-18(20)23(24,25)26/h11-13,15H,2-10H2,1H3,(H,27,30). The van der Waals surface area contributed by atoms with Crippen LogP contribution < -0.4 is 5.32 Å². The van der Waals surface area contributed by atoms with E-state index >= 15 is 0 Å². The van der Waals surface area contributed by atoms with E-state index in [9.17, 15) is 13.2 Å². The van der Waals surface area contributed by atoms with Gasteiger partial charge in [-0.3, -0.25) is 4.90 Å². The Bertz CT molecular complexity index is 1140. The van der Waals surface area contributed by atoms with Crippen LogP contribution in [0.1, 0.15) is 41.9 Å². The van der Waals surface area contributed by atoms with Crippen LogP contribution in [-0.4, -0.2) is 59.5 Å². The number of nitrogens with zero attached hydrogens (tertiary/aromatic N) is 4. The minimum Gasteiger partial charge on any atom is -0.402 e. The van der Waals surface area contributed by atoms with Crippen LogP contribution in [0.15, 0.2) is 22.6 Å². The van der Waals surface area contributed by atoms with Gasteiger partial charge in [0.1, 0.15) is 5.69 Å². The predicted octanol–water partition coefficient (Wildman–Crippen LogP) is 4.62. The summed E-state index contributed by atoms with van der Waals surface area (Å²) in [6.07, 6.45) is -1.75. The van der Waals surface area contributed by atoms with Gasteiger partial charge in [-0.05, 0) is 68.0 Å². The van der Waals surface area contributed by atoms with Crippen molar-refractivity contribution < 1.29 is 22.3 Å². The van der Waals surface area contributed by atoms with Gasteiger partial charge in [0, 0.05) is 25.0 Å². The topological polar surface area (TPSA) is 76.3 Å². The van der Waals surface area contributed by atoms with Crippen molar-refractivity contribution in [3.63, 3.8) is 0 Å². The number of anilines is 1. The van der Waals surface area contributed by atoms with Crippen LogP contribution in [0.2, 0.25) is 0 Å². The van der Waals surface area contributed by atoms with Gasteiger partial charge in [-0.2, -0.15) is 13.2 Å². The second-order valence-electron chi connectivity index (χ2n) is 8.71. The molecule has 33 heavy (non-hydrogen) atoms. The summed E-state index contributed by atoms with van der Waals surface area (Å²) in [5.41, 5.74) is 0.863. The molecule has 2 aromatic heterocycles. The van der Waals surface area contributed by atoms with E-state index in [2.05, 4.69) is 25.4 Å². The first-order valence-electron chi connectivity index (χ1n) is 11.3. The molecule has 3 aromatic rings. The largest absolute Gasteiger partial charge is 0.418 e. The maximum absolute atomic E-state index is 13.8. The van der Waals surface area contributed by atoms with Gasteiger partial charge in [0.15, 0.2) is 0 Å². The van der Waals surface area contributed by atoms with Crippen LogP contribution >= 0.6 is 0 Å². The number of aryl methyl sites for hydroxylation is 1. The third kappa shape index (κ3) is 4.96. The van der Waals surface area contributed by atoms with E-state index in [4.69, 9.17) is 9.15 Å². The number of pyridine rings is 1. The number of nitrogens with one attached hydrogen (secondary N) is 1. The summed E-state index contributed by atoms with van der Waals surface area (Å²) in [6.45, 7) is 6.75. The maximum atomic E-state index is 13.8. The molecule has 1 N–H and O–H groups in total. The van der Waals surface area contributed by atoms with Crippen molar-refractivity contribution in [2.75, 3.05) is 44.7 Å². The van der Waals surface area contributed by atoms with Gasteiger partial charge in [-0.25, -0.2) is 4.98 Å². The average molecular weight is 461 g/mol. The van der Waals surface area contributed by atoms with Gasteiger partial charge in [0.05, 0.1) is 24.3 Å². The van der Waals surface area contributed by atoms with Crippen molar-refractivity contribution in [1.29, 1.82) is 0 Å². The van der Waals surface area contributed by atoms with Crippen LogP contribution in [0.5, 0.6) is 0 Å². The highest BCUT2D eigenvalue weighted by Gasteiger charge is 2.36. The number of aromatic nitrogens is 3. The van der Waals surface area contributed by atoms with Crippen LogP contribution in [0.25, 0.3) is 22.5 Å². The molecule has 2 fully saturated rings. The highest BCUT2D eigenvalue weighted by atomic mass is 19.4. The summed E-state index contributed by atoms with van der Waals surface area (Å²) in [5.74, 6) is 0.303. The number of fused-ring (bicyclic) bond motifs is 1. The molecule has 1 aliphatic carbocycles. The Morgan fingerprint density at radius 2 is 1.91 bits per heavy atom. The van der Waals surface area contributed by atoms with E-state index < -0.39 is 11.7 Å². The molecule has 10 heteroatoms. The lowest BCUT2D eigenvalue weighted by molar-refractivity contribution is -0.136. The van der Waals surface area contributed by atoms with E-state index in [0.29, 0.717) is 17.5 Å². The first kappa shape index (κ1) is 22.1. The molecule has 1 saturated carbocycles. The second-order valence-corrected chi connectivity index (χ2v) is 8.71. The molecule has 1 saturated heterocycles. The zero-order valence-corrected chi connectivity index (χ0v) is 18.4. The fraction of sp³-hybridized carbons (Fsp3) is 0.522. The Hall–Kier alpha value is -2.72. The van der Waals surface area contributed by atoms with Crippen LogP contribution in [0, 0.1) is 6.92 Å². The lowest BCUT2D eigenvalue weighted by atomic mass is 9.98. The van der Waals surface area contributed by atoms with Gasteiger partial charge in [-0.15, -0.1) is 5.10 Å². The molecule has 0 spiro atoms. The Labute approximate surface area is 189 Å². The number of hydrogen-bond donors (Lipinski definition) is 1. The lowest BCUT2D eigenvalue weighted by Crippen LogP contribution is -2.37. The molecule has 1 aliphatic heterocycles. The first-order chi connectivity index (χ1) is 15.9. The first-order valence-corrected chi connectivity index (χ1v) is 11.3. The Kier molecular flexibility index (Phi) is 5.96. The van der Waals surface area contributed by atoms with Crippen molar-refractivity contribution in [3.05, 3.63) is 34.9 Å². The predicted molar refractivity (Wildman–Crippen MR) is 117 cm³/mol. The Balaban J connectivity index is 1.34. The van der Waals surface area contributed by atoms with E-state index in [1.54, 1.807) is 13.0 Å². The zero-order chi connectivity index (χ0) is 23.0. The number of morpholine rings is 1. The van der Waals surface area contributed by atoms with Gasteiger partial charge >= 0.3 is 12.2 Å². The number of benzene rings is 1. The SMILES string of the molecule is Cc1cc(-c2nnc(NCCCN3CCOCC3)o2)nc2c(C(F)(F)F)cc(C3CC3)cc12. The molecule has 176 valence electrons. The quantitative estimate of drug-likeness (QED) is 0.515. The molecule has 3 heterocycles. The van der Waals surface area contributed by atoms with Crippen molar-refractivity contribution >= 4 is 16.9 Å². The van der Waals surface area contributed by atoms with E-state index in [1.165, 1.54) is 6.07 Å². The van der Waals surface area contributed by atoms with Gasteiger partial charge < -0.3 is 14.5 Å². The third-order valence-electron chi connectivity index (χ3n) is 6.17. The molecule has 7 nitrogen and oxygen atoms in total. The highest BCUT2D eigenvalue weighted by molar-refractivity contribution is 5.88. The summed E-state index contributed by atoms with van der Waals surface area (Å²) < 4.78 is 52.5. The van der Waals surface area contributed by atoms with Crippen molar-refractivity contribution in [2.45, 2.75) is 38.3 Å². The number of halogens is 3. The van der Waals surface area contributed by atoms with Crippen molar-refractivity contribution in [3.8, 4) is 11.6 Å². The lowest BCUT2D eigenvalue weighted by Gasteiger charge is -2.26. The maximum Gasteiger partial charge on any atom is 0.418 e. The van der Waals surface area contributed by atoms with Crippen molar-refractivity contribution in [2.24, 2.45) is 0 Å². The molecule has 0 unspecified atom stereocenters. The molecular weight excluding hydrogens is 435 g/mol. The third-order valence-corrected chi connectivity index (χ3v) is 6.17. The number of hydrogen-bond acceptors (Lipinski definition) is 7. The summed E-state index contributed by atoms with van der Waals surface area (Å²) in [5, 5.41) is 11.6. The second kappa shape index (κ2) is 8.90. The highest BCUT2D eigenvalue weighted by Crippen LogP contribution is 2.45. The van der Waals surface area contributed by atoms with Gasteiger partial charge in [0.25, 0.3) is 5.89 Å². The smallest absolute Gasteiger partial charge is 0.402 e. The van der Waals surface area contributed by atoms with E-state index in [0.717, 1.165) is 57.7 Å². The molecule has 0 amide bonds. The zero-order valence-electron chi connectivity index (χ0n) is 18.4. The Morgan fingerprint density at radius 3 is 2.64 bits per heavy atom. The minimum atomic E-state index is -4.50. The summed E-state index contributed by atoms with van der Waals surface area (Å²) in [7, 11) is 0. The van der Waals surface area contributed by atoms with Gasteiger partial charge in [0.2, 0.25) is 0 Å². The molecule has 0 radical (unpaired) electrons. The molecular formula is C23H26F3N5O2. The van der Waals surface area contributed by atoms with Crippen LogP contribution in [0.4, 0.5) is 19.2 Å². The summed E-state index contributed by atoms with van der Waals surface area (Å²) >= 11 is 0. The minimum absolute atomic E-state index is 0.0832. The molecule has 0 atom stereocenters. The molecule has 1 aromatic carbocycles. The monoisotopic (exact) mass is 461 g/mol. The average Bonchev–Trinajstić information content (AvgIpc) is 3.54. The number of ether oxygens (including phenoxy) is 1. The number of rotatable bonds is 7. The normalized spacial score (nSPS) is 17.6. The van der Waals surface area contributed by atoms with Crippen LogP contribution in [-0.2, 0) is 10.9 Å². The summed E-state index contributed by atoms with van der Waals surface area (Å²) in [4.78, 5) is 6.63. The molecule has 0 bridgehead atoms. The van der Waals surface area contributed by atoms with Gasteiger partial charge in [-0.1, -0.05) is 5.10 Å².